The lowest BCUT2D eigenvalue weighted by molar-refractivity contribution is 0.0755. The Hall–Kier alpha value is -3.13. The van der Waals surface area contributed by atoms with Gasteiger partial charge in [-0.25, -0.2) is 9.07 Å². The number of amides is 1. The van der Waals surface area contributed by atoms with Crippen LogP contribution in [0.1, 0.15) is 47.6 Å². The average molecular weight is 423 g/mol. The number of hydrogen-bond acceptors (Lipinski definition) is 5. The van der Waals surface area contributed by atoms with Gasteiger partial charge in [0.05, 0.1) is 17.9 Å². The van der Waals surface area contributed by atoms with Crippen LogP contribution in [0.4, 0.5) is 4.39 Å². The highest BCUT2D eigenvalue weighted by molar-refractivity contribution is 5.92. The summed E-state index contributed by atoms with van der Waals surface area (Å²) in [4.78, 5) is 21.6. The van der Waals surface area contributed by atoms with Crippen LogP contribution in [0.2, 0.25) is 0 Å². The van der Waals surface area contributed by atoms with Gasteiger partial charge in [-0.1, -0.05) is 30.3 Å². The Balaban J connectivity index is 1.40. The van der Waals surface area contributed by atoms with Crippen molar-refractivity contribution in [3.63, 3.8) is 0 Å². The zero-order valence-electron chi connectivity index (χ0n) is 17.7. The van der Waals surface area contributed by atoms with Gasteiger partial charge in [-0.05, 0) is 42.7 Å². The Morgan fingerprint density at radius 3 is 2.68 bits per heavy atom. The molecule has 0 N–H and O–H groups in total. The first-order valence-electron chi connectivity index (χ1n) is 10.7. The fourth-order valence-electron chi connectivity index (χ4n) is 4.00. The summed E-state index contributed by atoms with van der Waals surface area (Å²) in [7, 11) is 0. The van der Waals surface area contributed by atoms with Crippen LogP contribution in [0.3, 0.4) is 0 Å². The minimum Gasteiger partial charge on any atom is -0.336 e. The Morgan fingerprint density at radius 2 is 1.94 bits per heavy atom. The summed E-state index contributed by atoms with van der Waals surface area (Å²) in [5, 5.41) is 8.35. The van der Waals surface area contributed by atoms with Crippen LogP contribution < -0.4 is 0 Å². The molecule has 162 valence electrons. The summed E-state index contributed by atoms with van der Waals surface area (Å²) in [6.45, 7) is 5.88. The second kappa shape index (κ2) is 9.78. The minimum absolute atomic E-state index is 0.0901. The van der Waals surface area contributed by atoms with Gasteiger partial charge in [0.2, 0.25) is 0 Å². The van der Waals surface area contributed by atoms with Gasteiger partial charge >= 0.3 is 0 Å². The molecule has 1 unspecified atom stereocenters. The van der Waals surface area contributed by atoms with Gasteiger partial charge in [0.1, 0.15) is 5.82 Å². The highest BCUT2D eigenvalue weighted by atomic mass is 19.1. The van der Waals surface area contributed by atoms with Crippen molar-refractivity contribution in [3.8, 4) is 0 Å². The molecule has 1 atom stereocenters. The van der Waals surface area contributed by atoms with Gasteiger partial charge < -0.3 is 4.90 Å². The van der Waals surface area contributed by atoms with Gasteiger partial charge in [0.25, 0.3) is 5.91 Å². The number of carbonyl (C=O) groups is 1. The Morgan fingerprint density at radius 1 is 1.10 bits per heavy atom. The molecule has 2 aromatic heterocycles. The molecule has 0 aliphatic carbocycles. The summed E-state index contributed by atoms with van der Waals surface area (Å²) in [5.41, 5.74) is 2.32. The van der Waals surface area contributed by atoms with E-state index in [1.807, 2.05) is 36.2 Å². The zero-order chi connectivity index (χ0) is 21.6. The van der Waals surface area contributed by atoms with E-state index < -0.39 is 0 Å². The van der Waals surface area contributed by atoms with Crippen molar-refractivity contribution in [2.45, 2.75) is 32.4 Å². The summed E-state index contributed by atoms with van der Waals surface area (Å²) in [5.74, 6) is -0.369. The van der Waals surface area contributed by atoms with Crippen molar-refractivity contribution in [2.24, 2.45) is 0 Å². The highest BCUT2D eigenvalue weighted by Gasteiger charge is 2.24. The molecule has 0 bridgehead atoms. The molecule has 3 aromatic rings. The van der Waals surface area contributed by atoms with E-state index in [-0.39, 0.29) is 17.8 Å². The number of pyridine rings is 1. The molecule has 1 fully saturated rings. The lowest BCUT2D eigenvalue weighted by Gasteiger charge is -2.21. The summed E-state index contributed by atoms with van der Waals surface area (Å²) >= 11 is 0. The van der Waals surface area contributed by atoms with Crippen LogP contribution >= 0.6 is 0 Å². The normalized spacial score (nSPS) is 16.1. The number of carbonyl (C=O) groups excluding carboxylic acids is 1. The predicted molar refractivity (Wildman–Crippen MR) is 115 cm³/mol. The van der Waals surface area contributed by atoms with Gasteiger partial charge in [0, 0.05) is 38.9 Å². The van der Waals surface area contributed by atoms with Crippen molar-refractivity contribution in [2.75, 3.05) is 26.2 Å². The first-order chi connectivity index (χ1) is 15.1. The fraction of sp³-hybridized carbons (Fsp3) is 0.391. The maximum atomic E-state index is 13.3. The molecule has 1 saturated heterocycles. The second-order valence-electron chi connectivity index (χ2n) is 7.80. The van der Waals surface area contributed by atoms with E-state index >= 15 is 0 Å². The molecule has 1 amide bonds. The molecule has 1 aliphatic rings. The third-order valence-corrected chi connectivity index (χ3v) is 5.68. The third kappa shape index (κ3) is 5.14. The van der Waals surface area contributed by atoms with Crippen molar-refractivity contribution < 1.29 is 9.18 Å². The molecule has 1 aliphatic heterocycles. The summed E-state index contributed by atoms with van der Waals surface area (Å²) in [6.07, 6.45) is 5.17. The van der Waals surface area contributed by atoms with Gasteiger partial charge in [-0.3, -0.25) is 14.7 Å². The van der Waals surface area contributed by atoms with Crippen LogP contribution in [0, 0.1) is 5.82 Å². The van der Waals surface area contributed by atoms with E-state index in [4.69, 9.17) is 0 Å². The number of rotatable bonds is 6. The van der Waals surface area contributed by atoms with E-state index in [1.54, 1.807) is 23.0 Å². The van der Waals surface area contributed by atoms with Crippen LogP contribution in [-0.4, -0.2) is 61.9 Å². The Kier molecular flexibility index (Phi) is 6.66. The first-order valence-corrected chi connectivity index (χ1v) is 10.7. The number of nitrogens with zero attached hydrogens (tertiary/aromatic N) is 6. The van der Waals surface area contributed by atoms with Gasteiger partial charge in [0.15, 0.2) is 5.69 Å². The lowest BCUT2D eigenvalue weighted by atomic mass is 10.0. The molecule has 8 heteroatoms. The quantitative estimate of drug-likeness (QED) is 0.611. The van der Waals surface area contributed by atoms with Crippen LogP contribution in [0.5, 0.6) is 0 Å². The smallest absolute Gasteiger partial charge is 0.276 e. The fourth-order valence-corrected chi connectivity index (χ4v) is 4.00. The maximum Gasteiger partial charge on any atom is 0.276 e. The molecule has 0 saturated carbocycles. The molecular formula is C23H27FN6O. The van der Waals surface area contributed by atoms with Gasteiger partial charge in [-0.2, -0.15) is 0 Å². The summed E-state index contributed by atoms with van der Waals surface area (Å²) < 4.78 is 15.0. The van der Waals surface area contributed by atoms with E-state index in [0.717, 1.165) is 43.7 Å². The monoisotopic (exact) mass is 422 g/mol. The number of hydrogen-bond donors (Lipinski definition) is 0. The van der Waals surface area contributed by atoms with E-state index in [1.165, 1.54) is 12.1 Å². The maximum absolute atomic E-state index is 13.3. The number of halogens is 1. The zero-order valence-corrected chi connectivity index (χ0v) is 17.7. The van der Waals surface area contributed by atoms with Gasteiger partial charge in [-0.15, -0.1) is 5.10 Å². The van der Waals surface area contributed by atoms with Crippen LogP contribution in [0.15, 0.2) is 54.9 Å². The predicted octanol–water partition coefficient (Wildman–Crippen LogP) is 3.16. The molecule has 3 heterocycles. The Bertz CT molecular complexity index is 991. The van der Waals surface area contributed by atoms with Crippen LogP contribution in [0.25, 0.3) is 0 Å². The molecule has 7 nitrogen and oxygen atoms in total. The van der Waals surface area contributed by atoms with E-state index in [0.29, 0.717) is 18.8 Å². The average Bonchev–Trinajstić information content (AvgIpc) is 3.16. The number of benzene rings is 1. The second-order valence-corrected chi connectivity index (χ2v) is 7.80. The van der Waals surface area contributed by atoms with Crippen LogP contribution in [-0.2, 0) is 6.54 Å². The highest BCUT2D eigenvalue weighted by Crippen LogP contribution is 2.22. The molecule has 4 rings (SSSR count). The van der Waals surface area contributed by atoms with Crippen molar-refractivity contribution in [1.82, 2.24) is 29.8 Å². The molecule has 0 spiro atoms. The minimum atomic E-state index is -0.272. The number of aromatic nitrogens is 4. The molecule has 31 heavy (non-hydrogen) atoms. The summed E-state index contributed by atoms with van der Waals surface area (Å²) in [6, 6.07) is 12.2. The Labute approximate surface area is 181 Å². The molecule has 0 radical (unpaired) electrons. The molecule has 1 aromatic carbocycles. The SMILES string of the molecule is CCC(c1ccc(F)cc1)n1cc(C(=O)N2CCCN(Cc3ccccn3)CC2)nn1. The standard InChI is InChI=1S/C23H27FN6O/c1-2-22(18-7-9-19(24)10-8-18)30-17-21(26-27-30)23(31)29-13-5-12-28(14-15-29)16-20-6-3-4-11-25-20/h3-4,6-11,17,22H,2,5,12-16H2,1H3. The molecular weight excluding hydrogens is 395 g/mol. The largest absolute Gasteiger partial charge is 0.336 e. The topological polar surface area (TPSA) is 67.2 Å². The lowest BCUT2D eigenvalue weighted by Crippen LogP contribution is -2.35. The van der Waals surface area contributed by atoms with Crippen molar-refractivity contribution in [3.05, 3.63) is 77.6 Å². The van der Waals surface area contributed by atoms with Crippen molar-refractivity contribution >= 4 is 5.91 Å². The van der Waals surface area contributed by atoms with E-state index in [2.05, 4.69) is 20.2 Å². The third-order valence-electron chi connectivity index (χ3n) is 5.68. The van der Waals surface area contributed by atoms with Crippen molar-refractivity contribution in [1.29, 1.82) is 0 Å². The first kappa shape index (κ1) is 21.1. The van der Waals surface area contributed by atoms with E-state index in [9.17, 15) is 9.18 Å².